The first-order chi connectivity index (χ1) is 35.5. The van der Waals surface area contributed by atoms with Gasteiger partial charge in [0.15, 0.2) is 6.10 Å². The Morgan fingerprint density at radius 3 is 1.00 bits per heavy atom. The highest BCUT2D eigenvalue weighted by molar-refractivity contribution is 5.71. The molecule has 0 aliphatic carbocycles. The van der Waals surface area contributed by atoms with Crippen molar-refractivity contribution in [3.8, 4) is 0 Å². The van der Waals surface area contributed by atoms with Crippen molar-refractivity contribution >= 4 is 17.9 Å². The van der Waals surface area contributed by atoms with Crippen molar-refractivity contribution in [2.75, 3.05) is 13.2 Å². The molecule has 72 heavy (non-hydrogen) atoms. The Hall–Kier alpha value is -4.71. The van der Waals surface area contributed by atoms with E-state index in [2.05, 4.69) is 167 Å². The number of ether oxygens (including phenoxy) is 3. The summed E-state index contributed by atoms with van der Waals surface area (Å²) >= 11 is 0. The van der Waals surface area contributed by atoms with E-state index in [1.54, 1.807) is 0 Å². The molecule has 0 heterocycles. The quantitative estimate of drug-likeness (QED) is 0.0199. The van der Waals surface area contributed by atoms with Crippen LogP contribution >= 0.6 is 0 Å². The van der Waals surface area contributed by atoms with E-state index in [0.717, 1.165) is 135 Å². The van der Waals surface area contributed by atoms with E-state index in [0.29, 0.717) is 12.8 Å². The topological polar surface area (TPSA) is 78.9 Å². The molecule has 0 aromatic heterocycles. The summed E-state index contributed by atoms with van der Waals surface area (Å²) in [5.41, 5.74) is 0. The lowest BCUT2D eigenvalue weighted by atomic mass is 10.1. The third kappa shape index (κ3) is 56.2. The molecule has 0 fully saturated rings. The number of hydrogen-bond donors (Lipinski definition) is 0. The van der Waals surface area contributed by atoms with Gasteiger partial charge in [0.25, 0.3) is 0 Å². The van der Waals surface area contributed by atoms with Crippen LogP contribution in [0.25, 0.3) is 0 Å². The van der Waals surface area contributed by atoms with Gasteiger partial charge in [-0.25, -0.2) is 0 Å². The normalized spacial score (nSPS) is 13.2. The lowest BCUT2D eigenvalue weighted by molar-refractivity contribution is -0.167. The number of carbonyl (C=O) groups excluding carboxylic acids is 3. The van der Waals surface area contributed by atoms with Crippen LogP contribution < -0.4 is 0 Å². The number of hydrogen-bond acceptors (Lipinski definition) is 6. The maximum Gasteiger partial charge on any atom is 0.306 e. The van der Waals surface area contributed by atoms with Crippen molar-refractivity contribution in [2.45, 2.75) is 239 Å². The standard InChI is InChI=1S/C66H104O6/c1-4-7-10-13-16-19-22-25-28-31-33-36-38-41-44-47-50-53-56-59-65(68)71-62-63(61-70-64(67)58-55-52-49-46-43-40-37-34-30-27-24-21-18-15-12-9-6-3)72-66(69)60-57-54-51-48-45-42-39-35-32-29-26-23-20-17-14-11-8-5-2/h7,9-10,12,16,18-19,21,25,27-30,32-33,35-37,39-41,44,46,49,63H,4-6,8,11,13-15,17,20,22-24,26,31,34,38,42-43,45,47-48,50-62H2,1-3H3/b10-7-,12-9-,19-16-,21-18-,28-25-,30-27-,32-29-,36-33-,39-35-,40-37-,44-41-,49-46-. The minimum absolute atomic E-state index is 0.125. The van der Waals surface area contributed by atoms with Crippen molar-refractivity contribution < 1.29 is 28.6 Å². The molecule has 0 N–H and O–H groups in total. The second kappa shape index (κ2) is 58.9. The van der Waals surface area contributed by atoms with E-state index in [4.69, 9.17) is 14.2 Å². The molecule has 404 valence electrons. The molecule has 0 amide bonds. The Bertz CT molecular complexity index is 1610. The predicted molar refractivity (Wildman–Crippen MR) is 311 cm³/mol. The Kier molecular flexibility index (Phi) is 55.0. The van der Waals surface area contributed by atoms with Crippen LogP contribution in [0.3, 0.4) is 0 Å². The van der Waals surface area contributed by atoms with Gasteiger partial charge < -0.3 is 14.2 Å². The third-order valence-corrected chi connectivity index (χ3v) is 11.6. The van der Waals surface area contributed by atoms with Gasteiger partial charge in [-0.05, 0) is 128 Å². The molecule has 0 aromatic rings. The van der Waals surface area contributed by atoms with Crippen LogP contribution in [0.5, 0.6) is 0 Å². The Morgan fingerprint density at radius 1 is 0.306 bits per heavy atom. The van der Waals surface area contributed by atoms with Gasteiger partial charge in [0.05, 0.1) is 0 Å². The first kappa shape index (κ1) is 67.3. The molecule has 0 saturated heterocycles. The predicted octanol–water partition coefficient (Wildman–Crippen LogP) is 19.6. The van der Waals surface area contributed by atoms with Crippen molar-refractivity contribution in [2.24, 2.45) is 0 Å². The third-order valence-electron chi connectivity index (χ3n) is 11.6. The van der Waals surface area contributed by atoms with Gasteiger partial charge in [-0.2, -0.15) is 0 Å². The van der Waals surface area contributed by atoms with Gasteiger partial charge in [-0.3, -0.25) is 14.4 Å². The fraction of sp³-hybridized carbons (Fsp3) is 0.591. The number of allylic oxidation sites excluding steroid dienone is 24. The van der Waals surface area contributed by atoms with Crippen LogP contribution in [0.2, 0.25) is 0 Å². The average molecular weight is 994 g/mol. The summed E-state index contributed by atoms with van der Waals surface area (Å²) in [6, 6.07) is 0. The molecule has 6 heteroatoms. The molecule has 1 unspecified atom stereocenters. The molecule has 0 aromatic carbocycles. The zero-order valence-electron chi connectivity index (χ0n) is 46.1. The maximum atomic E-state index is 12.9. The summed E-state index contributed by atoms with van der Waals surface area (Å²) in [7, 11) is 0. The molecule has 0 rings (SSSR count). The van der Waals surface area contributed by atoms with Gasteiger partial charge in [-0.15, -0.1) is 0 Å². The van der Waals surface area contributed by atoms with Gasteiger partial charge >= 0.3 is 17.9 Å². The van der Waals surface area contributed by atoms with Crippen molar-refractivity contribution in [3.63, 3.8) is 0 Å². The highest BCUT2D eigenvalue weighted by Gasteiger charge is 2.19. The number of carbonyl (C=O) groups is 3. The maximum absolute atomic E-state index is 12.9. The van der Waals surface area contributed by atoms with Crippen LogP contribution in [0, 0.1) is 0 Å². The fourth-order valence-electron chi connectivity index (χ4n) is 7.32. The van der Waals surface area contributed by atoms with Crippen LogP contribution in [-0.4, -0.2) is 37.2 Å². The molecule has 0 saturated carbocycles. The Morgan fingerprint density at radius 2 is 0.597 bits per heavy atom. The van der Waals surface area contributed by atoms with Crippen LogP contribution in [0.1, 0.15) is 233 Å². The van der Waals surface area contributed by atoms with E-state index < -0.39 is 6.10 Å². The zero-order chi connectivity index (χ0) is 52.2. The van der Waals surface area contributed by atoms with E-state index >= 15 is 0 Å². The Balaban J connectivity index is 4.59. The van der Waals surface area contributed by atoms with Gasteiger partial charge in [0, 0.05) is 19.3 Å². The molecule has 0 radical (unpaired) electrons. The Labute approximate surface area is 442 Å². The molecule has 0 bridgehead atoms. The molecule has 0 aliphatic heterocycles. The second-order valence-electron chi connectivity index (χ2n) is 18.5. The van der Waals surface area contributed by atoms with Crippen molar-refractivity contribution in [3.05, 3.63) is 146 Å². The zero-order valence-corrected chi connectivity index (χ0v) is 46.1. The van der Waals surface area contributed by atoms with Gasteiger partial charge in [0.2, 0.25) is 0 Å². The van der Waals surface area contributed by atoms with Crippen molar-refractivity contribution in [1.29, 1.82) is 0 Å². The highest BCUT2D eigenvalue weighted by atomic mass is 16.6. The molecule has 1 atom stereocenters. The molecule has 0 spiro atoms. The summed E-state index contributed by atoms with van der Waals surface area (Å²) in [6.07, 6.45) is 84.1. The SMILES string of the molecule is CC/C=C\C/C=C\C/C=C\C/C=C\C/C=C\CCCCCC(=O)OCC(COC(=O)CCC/C=C\C/C=C\C/C=C\C/C=C\C/C=C\CC)OC(=O)CCCCCCC/C=C\C=C/CCCCCCCCC. The first-order valence-electron chi connectivity index (χ1n) is 28.9. The first-order valence-corrected chi connectivity index (χ1v) is 28.9. The minimum Gasteiger partial charge on any atom is -0.462 e. The van der Waals surface area contributed by atoms with Crippen LogP contribution in [0.15, 0.2) is 146 Å². The average Bonchev–Trinajstić information content (AvgIpc) is 3.38. The van der Waals surface area contributed by atoms with E-state index in [-0.39, 0.29) is 44.0 Å². The molecular weight excluding hydrogens is 889 g/mol. The summed E-state index contributed by atoms with van der Waals surface area (Å²) in [5, 5.41) is 0. The van der Waals surface area contributed by atoms with Gasteiger partial charge in [0.1, 0.15) is 13.2 Å². The lowest BCUT2D eigenvalue weighted by Crippen LogP contribution is -2.30. The number of rotatable bonds is 50. The summed E-state index contributed by atoms with van der Waals surface area (Å²) < 4.78 is 16.8. The summed E-state index contributed by atoms with van der Waals surface area (Å²) in [5.74, 6) is -1.04. The monoisotopic (exact) mass is 993 g/mol. The van der Waals surface area contributed by atoms with Gasteiger partial charge in [-0.1, -0.05) is 231 Å². The molecule has 0 aliphatic rings. The number of unbranched alkanes of at least 4 members (excludes halogenated alkanes) is 16. The van der Waals surface area contributed by atoms with E-state index in [1.165, 1.54) is 51.4 Å². The van der Waals surface area contributed by atoms with Crippen LogP contribution in [-0.2, 0) is 28.6 Å². The highest BCUT2D eigenvalue weighted by Crippen LogP contribution is 2.12. The van der Waals surface area contributed by atoms with Crippen LogP contribution in [0.4, 0.5) is 0 Å². The van der Waals surface area contributed by atoms with Crippen molar-refractivity contribution in [1.82, 2.24) is 0 Å². The number of esters is 3. The van der Waals surface area contributed by atoms with E-state index in [9.17, 15) is 14.4 Å². The minimum atomic E-state index is -0.830. The smallest absolute Gasteiger partial charge is 0.306 e. The lowest BCUT2D eigenvalue weighted by Gasteiger charge is -2.18. The second-order valence-corrected chi connectivity index (χ2v) is 18.5. The fourth-order valence-corrected chi connectivity index (χ4v) is 7.32. The summed E-state index contributed by atoms with van der Waals surface area (Å²) in [4.78, 5) is 38.2. The largest absolute Gasteiger partial charge is 0.462 e. The molecule has 6 nitrogen and oxygen atoms in total. The molecular formula is C66H104O6. The summed E-state index contributed by atoms with van der Waals surface area (Å²) in [6.45, 7) is 6.31. The van der Waals surface area contributed by atoms with E-state index in [1.807, 2.05) is 0 Å².